The molecule has 0 heterocycles. The number of hydrogen-bond donors (Lipinski definition) is 1. The molecule has 0 amide bonds. The van der Waals surface area contributed by atoms with E-state index in [9.17, 15) is 13.2 Å². The summed E-state index contributed by atoms with van der Waals surface area (Å²) < 4.78 is 41.5. The largest absolute Gasteiger partial charge is 0.389 e. The number of nitrogens with one attached hydrogen (secondary N) is 1. The smallest absolute Gasteiger partial charge is 0.374 e. The van der Waals surface area contributed by atoms with Crippen LogP contribution in [0.5, 0.6) is 0 Å². The highest BCUT2D eigenvalue weighted by molar-refractivity contribution is 4.88. The van der Waals surface area contributed by atoms with Crippen molar-refractivity contribution >= 4 is 0 Å². The quantitative estimate of drug-likeness (QED) is 0.720. The molecule has 0 aliphatic heterocycles. The van der Waals surface area contributed by atoms with Gasteiger partial charge in [0, 0.05) is 19.6 Å². The highest BCUT2D eigenvalue weighted by Crippen LogP contribution is 2.33. The summed E-state index contributed by atoms with van der Waals surface area (Å²) in [5, 5.41) is 3.06. The molecule has 0 atom stereocenters. The summed E-state index contributed by atoms with van der Waals surface area (Å²) >= 11 is 0. The lowest BCUT2D eigenvalue weighted by molar-refractivity contribution is -0.141. The molecular formula is C11H20F3NO. The Labute approximate surface area is 94.5 Å². The van der Waals surface area contributed by atoms with Gasteiger partial charge < -0.3 is 10.1 Å². The van der Waals surface area contributed by atoms with Crippen molar-refractivity contribution in [3.05, 3.63) is 0 Å². The van der Waals surface area contributed by atoms with Crippen molar-refractivity contribution in [2.24, 2.45) is 0 Å². The third-order valence-electron chi connectivity index (χ3n) is 3.03. The Morgan fingerprint density at radius 2 is 1.88 bits per heavy atom. The number of hydrogen-bond acceptors (Lipinski definition) is 2. The monoisotopic (exact) mass is 239 g/mol. The van der Waals surface area contributed by atoms with Crippen molar-refractivity contribution < 1.29 is 17.9 Å². The van der Waals surface area contributed by atoms with Gasteiger partial charge in [0.1, 0.15) is 0 Å². The Bertz CT molecular complexity index is 200. The predicted octanol–water partition coefficient (Wildman–Crippen LogP) is 2.88. The zero-order valence-electron chi connectivity index (χ0n) is 9.70. The van der Waals surface area contributed by atoms with Gasteiger partial charge in [0.2, 0.25) is 0 Å². The van der Waals surface area contributed by atoms with Crippen LogP contribution in [0.1, 0.15) is 38.5 Å². The number of likely N-dealkylation sites (N-methyl/N-ethyl adjacent to an activating group) is 1. The molecule has 0 aromatic carbocycles. The maximum atomic E-state index is 11.9. The first-order valence-corrected chi connectivity index (χ1v) is 5.83. The fourth-order valence-corrected chi connectivity index (χ4v) is 2.27. The fourth-order valence-electron chi connectivity index (χ4n) is 2.27. The SMILES string of the molecule is CNCC1(OCCCC(F)(F)F)CCCC1. The van der Waals surface area contributed by atoms with E-state index in [1.165, 1.54) is 0 Å². The van der Waals surface area contributed by atoms with Crippen LogP contribution in [-0.4, -0.2) is 32.0 Å². The molecule has 0 aromatic rings. The van der Waals surface area contributed by atoms with Crippen molar-refractivity contribution in [2.75, 3.05) is 20.2 Å². The van der Waals surface area contributed by atoms with Crippen LogP contribution in [-0.2, 0) is 4.74 Å². The minimum absolute atomic E-state index is 0.0644. The van der Waals surface area contributed by atoms with Crippen molar-refractivity contribution in [1.82, 2.24) is 5.32 Å². The summed E-state index contributed by atoms with van der Waals surface area (Å²) in [6.45, 7) is 0.945. The molecule has 2 nitrogen and oxygen atoms in total. The molecule has 96 valence electrons. The van der Waals surface area contributed by atoms with E-state index >= 15 is 0 Å². The minimum Gasteiger partial charge on any atom is -0.374 e. The number of rotatable bonds is 6. The van der Waals surface area contributed by atoms with E-state index in [0.29, 0.717) is 0 Å². The molecular weight excluding hydrogens is 219 g/mol. The lowest BCUT2D eigenvalue weighted by atomic mass is 10.0. The number of ether oxygens (including phenoxy) is 1. The first-order chi connectivity index (χ1) is 7.47. The first-order valence-electron chi connectivity index (χ1n) is 5.83. The maximum Gasteiger partial charge on any atom is 0.389 e. The Balaban J connectivity index is 2.23. The molecule has 0 radical (unpaired) electrons. The van der Waals surface area contributed by atoms with Gasteiger partial charge in [-0.3, -0.25) is 0 Å². The Hall–Kier alpha value is -0.290. The molecule has 0 aromatic heterocycles. The molecule has 1 fully saturated rings. The van der Waals surface area contributed by atoms with Crippen LogP contribution in [0.3, 0.4) is 0 Å². The Kier molecular flexibility index (Phi) is 5.05. The van der Waals surface area contributed by atoms with E-state index in [0.717, 1.165) is 32.2 Å². The molecule has 1 aliphatic rings. The van der Waals surface area contributed by atoms with E-state index in [2.05, 4.69) is 5.32 Å². The van der Waals surface area contributed by atoms with Crippen LogP contribution in [0.25, 0.3) is 0 Å². The third-order valence-corrected chi connectivity index (χ3v) is 3.03. The molecule has 1 N–H and O–H groups in total. The summed E-state index contributed by atoms with van der Waals surface area (Å²) in [5.74, 6) is 0. The Morgan fingerprint density at radius 3 is 2.38 bits per heavy atom. The van der Waals surface area contributed by atoms with Crippen molar-refractivity contribution in [3.8, 4) is 0 Å². The summed E-state index contributed by atoms with van der Waals surface area (Å²) in [5.41, 5.74) is -0.208. The second kappa shape index (κ2) is 5.87. The normalized spacial score (nSPS) is 20.2. The first kappa shape index (κ1) is 13.8. The van der Waals surface area contributed by atoms with Crippen molar-refractivity contribution in [2.45, 2.75) is 50.3 Å². The van der Waals surface area contributed by atoms with Crippen LogP contribution in [0.2, 0.25) is 0 Å². The van der Waals surface area contributed by atoms with Gasteiger partial charge in [-0.1, -0.05) is 12.8 Å². The van der Waals surface area contributed by atoms with Gasteiger partial charge in [0.05, 0.1) is 5.60 Å². The lowest BCUT2D eigenvalue weighted by Crippen LogP contribution is -2.39. The van der Waals surface area contributed by atoms with Crippen LogP contribution in [0.15, 0.2) is 0 Å². The molecule has 0 spiro atoms. The van der Waals surface area contributed by atoms with E-state index < -0.39 is 12.6 Å². The molecule has 1 rings (SSSR count). The van der Waals surface area contributed by atoms with Crippen LogP contribution >= 0.6 is 0 Å². The maximum absolute atomic E-state index is 11.9. The molecule has 0 bridgehead atoms. The summed E-state index contributed by atoms with van der Waals surface area (Å²) in [6, 6.07) is 0. The van der Waals surface area contributed by atoms with Crippen LogP contribution < -0.4 is 5.32 Å². The average molecular weight is 239 g/mol. The zero-order chi connectivity index (χ0) is 12.1. The average Bonchev–Trinajstić information content (AvgIpc) is 2.61. The van der Waals surface area contributed by atoms with Crippen LogP contribution in [0, 0.1) is 0 Å². The van der Waals surface area contributed by atoms with Gasteiger partial charge in [-0.05, 0) is 26.3 Å². The van der Waals surface area contributed by atoms with Crippen LogP contribution in [0.4, 0.5) is 13.2 Å². The van der Waals surface area contributed by atoms with E-state index in [1.54, 1.807) is 0 Å². The molecule has 0 saturated heterocycles. The van der Waals surface area contributed by atoms with Gasteiger partial charge in [0.25, 0.3) is 0 Å². The summed E-state index contributed by atoms with van der Waals surface area (Å²) in [4.78, 5) is 0. The lowest BCUT2D eigenvalue weighted by Gasteiger charge is -2.29. The molecule has 1 saturated carbocycles. The van der Waals surface area contributed by atoms with Gasteiger partial charge in [-0.25, -0.2) is 0 Å². The highest BCUT2D eigenvalue weighted by Gasteiger charge is 2.34. The molecule has 5 heteroatoms. The van der Waals surface area contributed by atoms with E-state index in [-0.39, 0.29) is 18.6 Å². The fraction of sp³-hybridized carbons (Fsp3) is 1.00. The topological polar surface area (TPSA) is 21.3 Å². The second-order valence-corrected chi connectivity index (χ2v) is 4.49. The van der Waals surface area contributed by atoms with Gasteiger partial charge in [-0.2, -0.15) is 13.2 Å². The van der Waals surface area contributed by atoms with E-state index in [1.807, 2.05) is 7.05 Å². The van der Waals surface area contributed by atoms with E-state index in [4.69, 9.17) is 4.74 Å². The van der Waals surface area contributed by atoms with Gasteiger partial charge in [0.15, 0.2) is 0 Å². The zero-order valence-corrected chi connectivity index (χ0v) is 9.70. The highest BCUT2D eigenvalue weighted by atomic mass is 19.4. The third kappa shape index (κ3) is 4.70. The molecule has 1 aliphatic carbocycles. The van der Waals surface area contributed by atoms with Gasteiger partial charge >= 0.3 is 6.18 Å². The number of halogens is 3. The summed E-state index contributed by atoms with van der Waals surface area (Å²) in [7, 11) is 1.85. The van der Waals surface area contributed by atoms with Crippen molar-refractivity contribution in [3.63, 3.8) is 0 Å². The molecule has 0 unspecified atom stereocenters. The minimum atomic E-state index is -4.06. The van der Waals surface area contributed by atoms with Gasteiger partial charge in [-0.15, -0.1) is 0 Å². The number of alkyl halides is 3. The standard InChI is InChI=1S/C11H20F3NO/c1-15-9-10(5-2-3-6-10)16-8-4-7-11(12,13)14/h15H,2-9H2,1H3. The Morgan fingerprint density at radius 1 is 1.25 bits per heavy atom. The second-order valence-electron chi connectivity index (χ2n) is 4.49. The molecule has 16 heavy (non-hydrogen) atoms. The summed E-state index contributed by atoms with van der Waals surface area (Å²) in [6.07, 6.45) is -0.603. The predicted molar refractivity (Wildman–Crippen MR) is 56.4 cm³/mol. The van der Waals surface area contributed by atoms with Crippen molar-refractivity contribution in [1.29, 1.82) is 0 Å².